The Balaban J connectivity index is 1.94. The van der Waals surface area contributed by atoms with Crippen LogP contribution in [0, 0.1) is 6.92 Å². The maximum Gasteiger partial charge on any atom is 0.204 e. The number of nitrogens with one attached hydrogen (secondary N) is 1. The summed E-state index contributed by atoms with van der Waals surface area (Å²) in [6.45, 7) is 3.74. The van der Waals surface area contributed by atoms with E-state index in [0.29, 0.717) is 0 Å². The average Bonchev–Trinajstić information content (AvgIpc) is 3.09. The maximum absolute atomic E-state index is 9.52. The molecule has 0 radical (unpaired) electrons. The Morgan fingerprint density at radius 2 is 1.91 bits per heavy atom. The van der Waals surface area contributed by atoms with E-state index < -0.39 is 0 Å². The van der Waals surface area contributed by atoms with E-state index >= 15 is 0 Å². The fourth-order valence-electron chi connectivity index (χ4n) is 2.85. The van der Waals surface area contributed by atoms with E-state index in [1.165, 1.54) is 0 Å². The number of phenolic OH excluding ortho intramolecular Hbond substituents is 1. The van der Waals surface area contributed by atoms with Crippen molar-refractivity contribution in [1.82, 2.24) is 14.5 Å². The van der Waals surface area contributed by atoms with Gasteiger partial charge in [-0.1, -0.05) is 6.07 Å². The summed E-state index contributed by atoms with van der Waals surface area (Å²) in [4.78, 5) is 9.33. The number of fused-ring (bicyclic) bond motifs is 1. The molecule has 1 aliphatic heterocycles. The molecule has 22 heavy (non-hydrogen) atoms. The molecule has 0 atom stereocenters. The minimum Gasteiger partial charge on any atom is -0.508 e. The van der Waals surface area contributed by atoms with Crippen molar-refractivity contribution in [2.45, 2.75) is 13.5 Å². The van der Waals surface area contributed by atoms with Crippen molar-refractivity contribution < 1.29 is 5.11 Å². The largest absolute Gasteiger partial charge is 0.508 e. The molecule has 3 aromatic rings. The first-order chi connectivity index (χ1) is 10.7. The zero-order valence-corrected chi connectivity index (χ0v) is 12.2. The molecule has 0 spiro atoms. The molecule has 0 amide bonds. The maximum atomic E-state index is 9.52. The minimum absolute atomic E-state index is 0.262. The predicted octanol–water partition coefficient (Wildman–Crippen LogP) is 3.05. The summed E-state index contributed by atoms with van der Waals surface area (Å²) >= 11 is 0. The number of aryl methyl sites for hydroxylation is 1. The van der Waals surface area contributed by atoms with E-state index in [2.05, 4.69) is 14.9 Å². The van der Waals surface area contributed by atoms with Gasteiger partial charge in [-0.05, 0) is 43.3 Å². The molecular formula is C17H16N4O. The topological polar surface area (TPSA) is 63.0 Å². The normalized spacial score (nSPS) is 13.0. The van der Waals surface area contributed by atoms with Crippen molar-refractivity contribution in [3.8, 4) is 28.4 Å². The summed E-state index contributed by atoms with van der Waals surface area (Å²) in [6, 6.07) is 13.2. The summed E-state index contributed by atoms with van der Waals surface area (Å²) in [5.74, 6) is 1.14. The lowest BCUT2D eigenvalue weighted by Crippen LogP contribution is -1.99. The number of rotatable bonds is 2. The average molecular weight is 292 g/mol. The molecule has 0 unspecified atom stereocenters. The van der Waals surface area contributed by atoms with Crippen molar-refractivity contribution in [2.75, 3.05) is 11.9 Å². The number of benzene rings is 1. The summed E-state index contributed by atoms with van der Waals surface area (Å²) in [6.07, 6.45) is 0. The van der Waals surface area contributed by atoms with Crippen LogP contribution in [-0.4, -0.2) is 26.2 Å². The Bertz CT molecular complexity index is 836. The zero-order valence-electron chi connectivity index (χ0n) is 12.2. The van der Waals surface area contributed by atoms with Crippen LogP contribution in [0.2, 0.25) is 0 Å². The van der Waals surface area contributed by atoms with Gasteiger partial charge in [0.25, 0.3) is 0 Å². The number of nitrogens with zero attached hydrogens (tertiary/aromatic N) is 3. The van der Waals surface area contributed by atoms with E-state index in [9.17, 15) is 5.11 Å². The number of pyridine rings is 1. The first kappa shape index (κ1) is 12.9. The highest BCUT2D eigenvalue weighted by Gasteiger charge is 2.23. The van der Waals surface area contributed by atoms with Crippen LogP contribution in [-0.2, 0) is 6.54 Å². The second kappa shape index (κ2) is 4.87. The fraction of sp³-hybridized carbons (Fsp3) is 0.176. The van der Waals surface area contributed by atoms with Crippen LogP contribution in [0.4, 0.5) is 5.95 Å². The van der Waals surface area contributed by atoms with Crippen LogP contribution in [0.1, 0.15) is 5.69 Å². The monoisotopic (exact) mass is 292 g/mol. The van der Waals surface area contributed by atoms with Gasteiger partial charge >= 0.3 is 0 Å². The molecule has 2 N–H and O–H groups in total. The van der Waals surface area contributed by atoms with Crippen molar-refractivity contribution in [3.05, 3.63) is 48.2 Å². The molecule has 1 aliphatic rings. The Labute approximate surface area is 128 Å². The molecule has 0 aliphatic carbocycles. The molecule has 110 valence electrons. The minimum atomic E-state index is 0.262. The molecule has 3 heterocycles. The van der Waals surface area contributed by atoms with Crippen LogP contribution in [0.5, 0.6) is 5.75 Å². The molecule has 1 aromatic carbocycles. The molecule has 0 bridgehead atoms. The van der Waals surface area contributed by atoms with E-state index in [-0.39, 0.29) is 5.75 Å². The van der Waals surface area contributed by atoms with Crippen LogP contribution < -0.4 is 5.32 Å². The quantitative estimate of drug-likeness (QED) is 0.762. The molecule has 0 fully saturated rings. The number of hydrogen-bond acceptors (Lipinski definition) is 4. The highest BCUT2D eigenvalue weighted by molar-refractivity contribution is 5.80. The number of imidazole rings is 1. The van der Waals surface area contributed by atoms with Crippen LogP contribution in [0.15, 0.2) is 42.5 Å². The van der Waals surface area contributed by atoms with Gasteiger partial charge in [0.2, 0.25) is 5.95 Å². The van der Waals surface area contributed by atoms with Crippen molar-refractivity contribution >= 4 is 5.95 Å². The lowest BCUT2D eigenvalue weighted by Gasteiger charge is -2.08. The number of anilines is 1. The Kier molecular flexibility index (Phi) is 2.85. The Hall–Kier alpha value is -2.82. The van der Waals surface area contributed by atoms with Gasteiger partial charge in [0.1, 0.15) is 11.4 Å². The van der Waals surface area contributed by atoms with Crippen molar-refractivity contribution in [1.29, 1.82) is 0 Å². The smallest absolute Gasteiger partial charge is 0.204 e. The Morgan fingerprint density at radius 1 is 1.09 bits per heavy atom. The third-order valence-electron chi connectivity index (χ3n) is 3.86. The first-order valence-electron chi connectivity index (χ1n) is 7.30. The summed E-state index contributed by atoms with van der Waals surface area (Å²) < 4.78 is 2.17. The second-order valence-electron chi connectivity index (χ2n) is 5.42. The van der Waals surface area contributed by atoms with Crippen molar-refractivity contribution in [2.24, 2.45) is 0 Å². The number of aromatic nitrogens is 3. The van der Waals surface area contributed by atoms with Gasteiger partial charge in [0.05, 0.1) is 11.4 Å². The number of hydrogen-bond donors (Lipinski definition) is 2. The number of phenols is 1. The standard InChI is InChI=1S/C17H16N4O/c1-11-3-2-4-14(19-11)15-16(12-5-7-13(22)8-6-12)21-10-9-18-17(21)20-15/h2-8,22H,9-10H2,1H3,(H,18,20). The van der Waals surface area contributed by atoms with E-state index in [1.54, 1.807) is 12.1 Å². The summed E-state index contributed by atoms with van der Waals surface area (Å²) in [5, 5.41) is 12.8. The Morgan fingerprint density at radius 3 is 2.68 bits per heavy atom. The highest BCUT2D eigenvalue weighted by Crippen LogP contribution is 2.35. The van der Waals surface area contributed by atoms with E-state index in [0.717, 1.165) is 47.4 Å². The molecule has 5 nitrogen and oxygen atoms in total. The van der Waals surface area contributed by atoms with Crippen LogP contribution in [0.25, 0.3) is 22.6 Å². The third-order valence-corrected chi connectivity index (χ3v) is 3.86. The van der Waals surface area contributed by atoms with Gasteiger partial charge in [0.15, 0.2) is 0 Å². The molecule has 0 saturated heterocycles. The van der Waals surface area contributed by atoms with Gasteiger partial charge in [-0.25, -0.2) is 4.98 Å². The first-order valence-corrected chi connectivity index (χ1v) is 7.30. The van der Waals surface area contributed by atoms with Gasteiger partial charge in [0, 0.05) is 24.3 Å². The number of aromatic hydroxyl groups is 1. The molecule has 5 heteroatoms. The van der Waals surface area contributed by atoms with Crippen molar-refractivity contribution in [3.63, 3.8) is 0 Å². The van der Waals surface area contributed by atoms with E-state index in [4.69, 9.17) is 4.98 Å². The summed E-state index contributed by atoms with van der Waals surface area (Å²) in [7, 11) is 0. The van der Waals surface area contributed by atoms with Gasteiger partial charge < -0.3 is 15.0 Å². The third kappa shape index (κ3) is 2.02. The predicted molar refractivity (Wildman–Crippen MR) is 85.8 cm³/mol. The zero-order chi connectivity index (χ0) is 15.1. The lowest BCUT2D eigenvalue weighted by molar-refractivity contribution is 0.475. The fourth-order valence-corrected chi connectivity index (χ4v) is 2.85. The van der Waals surface area contributed by atoms with Gasteiger partial charge in [-0.2, -0.15) is 0 Å². The highest BCUT2D eigenvalue weighted by atomic mass is 16.3. The molecule has 4 rings (SSSR count). The SMILES string of the molecule is Cc1cccc(-c2nc3n(c2-c2ccc(O)cc2)CCN3)n1. The van der Waals surface area contributed by atoms with Gasteiger partial charge in [-0.15, -0.1) is 0 Å². The summed E-state index contributed by atoms with van der Waals surface area (Å²) in [5.41, 5.74) is 4.77. The molecule has 2 aromatic heterocycles. The van der Waals surface area contributed by atoms with Gasteiger partial charge in [-0.3, -0.25) is 4.98 Å². The second-order valence-corrected chi connectivity index (χ2v) is 5.42. The lowest BCUT2D eigenvalue weighted by atomic mass is 10.1. The molecule has 0 saturated carbocycles. The van der Waals surface area contributed by atoms with Crippen LogP contribution in [0.3, 0.4) is 0 Å². The van der Waals surface area contributed by atoms with Crippen LogP contribution >= 0.6 is 0 Å². The van der Waals surface area contributed by atoms with E-state index in [1.807, 2.05) is 37.3 Å². The molecular weight excluding hydrogens is 276 g/mol.